The summed E-state index contributed by atoms with van der Waals surface area (Å²) in [4.78, 5) is 4.19. The number of aromatic nitrogens is 1. The van der Waals surface area contributed by atoms with Gasteiger partial charge in [-0.3, -0.25) is 4.98 Å². The number of rotatable bonds is 4. The Morgan fingerprint density at radius 1 is 1.53 bits per heavy atom. The minimum atomic E-state index is 0.266. The highest BCUT2D eigenvalue weighted by atomic mass is 79.9. The predicted molar refractivity (Wildman–Crippen MR) is 65.5 cm³/mol. The van der Waals surface area contributed by atoms with Gasteiger partial charge >= 0.3 is 0 Å². The fourth-order valence-electron chi connectivity index (χ4n) is 2.18. The Labute approximate surface area is 99.4 Å². The zero-order valence-electron chi connectivity index (χ0n) is 9.04. The maximum absolute atomic E-state index is 5.90. The second kappa shape index (κ2) is 4.22. The van der Waals surface area contributed by atoms with E-state index < -0.39 is 0 Å². The molecular formula is C12H17BrN2. The molecule has 0 radical (unpaired) electrons. The standard InChI is InChI=1S/C12H17BrN2/c1-12(8-14,10-2-3-10)5-9-4-11(13)7-15-6-9/h4,6-7,10H,2-3,5,8,14H2,1H3. The molecule has 2 N–H and O–H groups in total. The first kappa shape index (κ1) is 11.1. The normalized spacial score (nSPS) is 19.9. The van der Waals surface area contributed by atoms with Gasteiger partial charge in [-0.2, -0.15) is 0 Å². The molecule has 15 heavy (non-hydrogen) atoms. The zero-order valence-corrected chi connectivity index (χ0v) is 10.6. The van der Waals surface area contributed by atoms with Gasteiger partial charge in [0, 0.05) is 16.9 Å². The lowest BCUT2D eigenvalue weighted by Crippen LogP contribution is -2.31. The van der Waals surface area contributed by atoms with Gasteiger partial charge in [0.25, 0.3) is 0 Å². The third-order valence-electron chi connectivity index (χ3n) is 3.40. The Kier molecular flexibility index (Phi) is 3.12. The highest BCUT2D eigenvalue weighted by Crippen LogP contribution is 2.46. The number of hydrogen-bond donors (Lipinski definition) is 1. The number of pyridine rings is 1. The molecule has 3 heteroatoms. The molecule has 82 valence electrons. The first-order chi connectivity index (χ1) is 7.14. The van der Waals surface area contributed by atoms with Crippen molar-refractivity contribution in [3.05, 3.63) is 28.5 Å². The highest BCUT2D eigenvalue weighted by Gasteiger charge is 2.40. The third-order valence-corrected chi connectivity index (χ3v) is 3.83. The van der Waals surface area contributed by atoms with Crippen molar-refractivity contribution in [1.29, 1.82) is 0 Å². The molecule has 1 aromatic heterocycles. The minimum absolute atomic E-state index is 0.266. The quantitative estimate of drug-likeness (QED) is 0.912. The molecule has 0 aromatic carbocycles. The fraction of sp³-hybridized carbons (Fsp3) is 0.583. The van der Waals surface area contributed by atoms with Crippen LogP contribution in [0.2, 0.25) is 0 Å². The van der Waals surface area contributed by atoms with E-state index >= 15 is 0 Å². The maximum Gasteiger partial charge on any atom is 0.0410 e. The lowest BCUT2D eigenvalue weighted by atomic mass is 9.79. The van der Waals surface area contributed by atoms with Crippen LogP contribution >= 0.6 is 15.9 Å². The number of hydrogen-bond acceptors (Lipinski definition) is 2. The van der Waals surface area contributed by atoms with Crippen LogP contribution in [0.4, 0.5) is 0 Å². The second-order valence-corrected chi connectivity index (χ2v) is 5.74. The molecule has 1 unspecified atom stereocenters. The first-order valence-electron chi connectivity index (χ1n) is 5.43. The molecule has 2 nitrogen and oxygen atoms in total. The van der Waals surface area contributed by atoms with Gasteiger partial charge in [0.15, 0.2) is 0 Å². The minimum Gasteiger partial charge on any atom is -0.330 e. The lowest BCUT2D eigenvalue weighted by Gasteiger charge is -2.28. The monoisotopic (exact) mass is 268 g/mol. The van der Waals surface area contributed by atoms with Crippen molar-refractivity contribution in [2.45, 2.75) is 26.2 Å². The molecule has 2 rings (SSSR count). The molecule has 0 saturated heterocycles. The van der Waals surface area contributed by atoms with Crippen molar-refractivity contribution in [3.8, 4) is 0 Å². The van der Waals surface area contributed by atoms with E-state index in [9.17, 15) is 0 Å². The van der Waals surface area contributed by atoms with Crippen molar-refractivity contribution in [3.63, 3.8) is 0 Å². The molecule has 1 aromatic rings. The molecule has 1 heterocycles. The largest absolute Gasteiger partial charge is 0.330 e. The van der Waals surface area contributed by atoms with Crippen LogP contribution < -0.4 is 5.73 Å². The fourth-order valence-corrected chi connectivity index (χ4v) is 2.59. The van der Waals surface area contributed by atoms with Crippen LogP contribution in [0.1, 0.15) is 25.3 Å². The van der Waals surface area contributed by atoms with Crippen LogP contribution in [-0.2, 0) is 6.42 Å². The predicted octanol–water partition coefficient (Wildman–Crippen LogP) is 2.76. The van der Waals surface area contributed by atoms with E-state index in [2.05, 4.69) is 33.9 Å². The Morgan fingerprint density at radius 2 is 2.27 bits per heavy atom. The topological polar surface area (TPSA) is 38.9 Å². The van der Waals surface area contributed by atoms with E-state index in [0.717, 1.165) is 23.4 Å². The van der Waals surface area contributed by atoms with E-state index in [-0.39, 0.29) is 5.41 Å². The average Bonchev–Trinajstić information content (AvgIpc) is 3.01. The highest BCUT2D eigenvalue weighted by molar-refractivity contribution is 9.10. The second-order valence-electron chi connectivity index (χ2n) is 4.82. The van der Waals surface area contributed by atoms with Gasteiger partial charge in [-0.25, -0.2) is 0 Å². The number of halogens is 1. The van der Waals surface area contributed by atoms with Crippen LogP contribution in [0.5, 0.6) is 0 Å². The van der Waals surface area contributed by atoms with E-state index in [0.29, 0.717) is 0 Å². The molecule has 1 atom stereocenters. The molecule has 1 aliphatic rings. The summed E-state index contributed by atoms with van der Waals surface area (Å²) in [5.41, 5.74) is 7.45. The number of nitrogens with zero attached hydrogens (tertiary/aromatic N) is 1. The van der Waals surface area contributed by atoms with E-state index in [1.54, 1.807) is 0 Å². The molecule has 1 aliphatic carbocycles. The van der Waals surface area contributed by atoms with Crippen LogP contribution in [0, 0.1) is 11.3 Å². The molecule has 1 saturated carbocycles. The summed E-state index contributed by atoms with van der Waals surface area (Å²) in [6.07, 6.45) is 7.49. The van der Waals surface area contributed by atoms with Crippen molar-refractivity contribution < 1.29 is 0 Å². The summed E-state index contributed by atoms with van der Waals surface area (Å²) < 4.78 is 1.05. The van der Waals surface area contributed by atoms with Crippen molar-refractivity contribution >= 4 is 15.9 Å². The van der Waals surface area contributed by atoms with Gasteiger partial charge in [0.2, 0.25) is 0 Å². The van der Waals surface area contributed by atoms with Gasteiger partial charge in [0.1, 0.15) is 0 Å². The summed E-state index contributed by atoms with van der Waals surface area (Å²) >= 11 is 3.45. The van der Waals surface area contributed by atoms with Gasteiger partial charge in [-0.1, -0.05) is 6.92 Å². The van der Waals surface area contributed by atoms with E-state index in [1.807, 2.05) is 12.4 Å². The third kappa shape index (κ3) is 2.58. The molecule has 0 bridgehead atoms. The van der Waals surface area contributed by atoms with Gasteiger partial charge in [0.05, 0.1) is 0 Å². The molecular weight excluding hydrogens is 252 g/mol. The van der Waals surface area contributed by atoms with Crippen molar-refractivity contribution in [2.75, 3.05) is 6.54 Å². The van der Waals surface area contributed by atoms with Crippen molar-refractivity contribution in [1.82, 2.24) is 4.98 Å². The first-order valence-corrected chi connectivity index (χ1v) is 6.23. The molecule has 1 fully saturated rings. The Bertz CT molecular complexity index is 349. The summed E-state index contributed by atoms with van der Waals surface area (Å²) in [5, 5.41) is 0. The smallest absolute Gasteiger partial charge is 0.0410 e. The molecule has 0 spiro atoms. The average molecular weight is 269 g/mol. The number of nitrogens with two attached hydrogens (primary N) is 1. The van der Waals surface area contributed by atoms with Gasteiger partial charge in [-0.05, 0) is 64.7 Å². The summed E-state index contributed by atoms with van der Waals surface area (Å²) in [6, 6.07) is 2.14. The maximum atomic E-state index is 5.90. The Balaban J connectivity index is 2.12. The van der Waals surface area contributed by atoms with Crippen LogP contribution in [0.25, 0.3) is 0 Å². The van der Waals surface area contributed by atoms with Gasteiger partial charge in [-0.15, -0.1) is 0 Å². The zero-order chi connectivity index (χ0) is 10.9. The SMILES string of the molecule is CC(CN)(Cc1cncc(Br)c1)C1CC1. The molecule has 0 aliphatic heterocycles. The van der Waals surface area contributed by atoms with Gasteiger partial charge < -0.3 is 5.73 Å². The summed E-state index contributed by atoms with van der Waals surface area (Å²) in [6.45, 7) is 3.07. The summed E-state index contributed by atoms with van der Waals surface area (Å²) in [5.74, 6) is 0.821. The van der Waals surface area contributed by atoms with Crippen LogP contribution in [0.15, 0.2) is 22.9 Å². The Hall–Kier alpha value is -0.410. The van der Waals surface area contributed by atoms with Crippen LogP contribution in [-0.4, -0.2) is 11.5 Å². The van der Waals surface area contributed by atoms with E-state index in [4.69, 9.17) is 5.73 Å². The molecule has 0 amide bonds. The summed E-state index contributed by atoms with van der Waals surface area (Å²) in [7, 11) is 0. The van der Waals surface area contributed by atoms with E-state index in [1.165, 1.54) is 18.4 Å². The van der Waals surface area contributed by atoms with Crippen molar-refractivity contribution in [2.24, 2.45) is 17.1 Å². The lowest BCUT2D eigenvalue weighted by molar-refractivity contribution is 0.281. The Morgan fingerprint density at radius 3 is 2.80 bits per heavy atom. The van der Waals surface area contributed by atoms with Crippen LogP contribution in [0.3, 0.4) is 0 Å².